The SMILES string of the molecule is CC(C)(NC(=O)N1CCOC(CO)C1)C(C)(C)C(=O)O. The molecule has 7 heteroatoms. The first-order chi connectivity index (χ1) is 9.11. The molecule has 7 nitrogen and oxygen atoms in total. The van der Waals surface area contributed by atoms with Crippen molar-refractivity contribution in [1.29, 1.82) is 0 Å². The largest absolute Gasteiger partial charge is 0.481 e. The lowest BCUT2D eigenvalue weighted by Gasteiger charge is -2.41. The van der Waals surface area contributed by atoms with Crippen LogP contribution in [0.15, 0.2) is 0 Å². The maximum Gasteiger partial charge on any atom is 0.318 e. The van der Waals surface area contributed by atoms with E-state index in [1.807, 2.05) is 0 Å². The molecule has 2 amide bonds. The number of carboxylic acids is 1. The third kappa shape index (κ3) is 3.40. The van der Waals surface area contributed by atoms with Crippen LogP contribution in [0.25, 0.3) is 0 Å². The molecular formula is C13H24N2O5. The van der Waals surface area contributed by atoms with Crippen molar-refractivity contribution in [3.63, 3.8) is 0 Å². The van der Waals surface area contributed by atoms with Gasteiger partial charge < -0.3 is 25.2 Å². The number of urea groups is 1. The van der Waals surface area contributed by atoms with Gasteiger partial charge in [0.2, 0.25) is 0 Å². The lowest BCUT2D eigenvalue weighted by atomic mass is 9.74. The van der Waals surface area contributed by atoms with Crippen LogP contribution >= 0.6 is 0 Å². The normalized spacial score (nSPS) is 20.6. The highest BCUT2D eigenvalue weighted by molar-refractivity contribution is 5.79. The Bertz CT molecular complexity index is 381. The molecule has 1 atom stereocenters. The molecule has 1 rings (SSSR count). The molecule has 1 fully saturated rings. The number of amides is 2. The Hall–Kier alpha value is -1.34. The Morgan fingerprint density at radius 2 is 1.95 bits per heavy atom. The van der Waals surface area contributed by atoms with Crippen LogP contribution < -0.4 is 5.32 Å². The number of hydrogen-bond donors (Lipinski definition) is 3. The maximum atomic E-state index is 12.2. The van der Waals surface area contributed by atoms with E-state index >= 15 is 0 Å². The van der Waals surface area contributed by atoms with Crippen LogP contribution in [-0.2, 0) is 9.53 Å². The molecule has 1 saturated heterocycles. The van der Waals surface area contributed by atoms with Crippen LogP contribution in [0, 0.1) is 5.41 Å². The van der Waals surface area contributed by atoms with Crippen LogP contribution in [0.4, 0.5) is 4.79 Å². The number of carbonyl (C=O) groups is 2. The monoisotopic (exact) mass is 288 g/mol. The molecule has 1 aliphatic heterocycles. The molecule has 0 saturated carbocycles. The summed E-state index contributed by atoms with van der Waals surface area (Å²) >= 11 is 0. The first kappa shape index (κ1) is 16.7. The summed E-state index contributed by atoms with van der Waals surface area (Å²) in [7, 11) is 0. The molecule has 1 aliphatic rings. The predicted octanol–water partition coefficient (Wildman–Crippen LogP) is 0.279. The summed E-state index contributed by atoms with van der Waals surface area (Å²) in [6.45, 7) is 7.45. The van der Waals surface area contributed by atoms with Crippen LogP contribution in [0.3, 0.4) is 0 Å². The quantitative estimate of drug-likeness (QED) is 0.690. The zero-order valence-electron chi connectivity index (χ0n) is 12.5. The lowest BCUT2D eigenvalue weighted by molar-refractivity contribution is -0.150. The minimum atomic E-state index is -1.11. The molecule has 3 N–H and O–H groups in total. The molecule has 0 aromatic carbocycles. The highest BCUT2D eigenvalue weighted by Crippen LogP contribution is 2.30. The van der Waals surface area contributed by atoms with Crippen LogP contribution in [0.1, 0.15) is 27.7 Å². The van der Waals surface area contributed by atoms with Crippen molar-refractivity contribution in [1.82, 2.24) is 10.2 Å². The van der Waals surface area contributed by atoms with Crippen LogP contribution in [0.2, 0.25) is 0 Å². The van der Waals surface area contributed by atoms with Crippen molar-refractivity contribution in [2.45, 2.75) is 39.3 Å². The smallest absolute Gasteiger partial charge is 0.318 e. The van der Waals surface area contributed by atoms with Gasteiger partial charge in [0.1, 0.15) is 0 Å². The van der Waals surface area contributed by atoms with E-state index in [9.17, 15) is 14.7 Å². The van der Waals surface area contributed by atoms with E-state index in [4.69, 9.17) is 9.84 Å². The molecule has 0 radical (unpaired) electrons. The minimum Gasteiger partial charge on any atom is -0.481 e. The van der Waals surface area contributed by atoms with Gasteiger partial charge in [0, 0.05) is 6.54 Å². The summed E-state index contributed by atoms with van der Waals surface area (Å²) in [5, 5.41) is 21.1. The van der Waals surface area contributed by atoms with E-state index in [-0.39, 0.29) is 18.7 Å². The number of rotatable bonds is 4. The van der Waals surface area contributed by atoms with Gasteiger partial charge >= 0.3 is 12.0 Å². The molecule has 1 heterocycles. The standard InChI is InChI=1S/C13H24N2O5/c1-12(2,10(17)18)13(3,4)14-11(19)15-5-6-20-9(7-15)8-16/h9,16H,5-8H2,1-4H3,(H,14,19)(H,17,18). The summed E-state index contributed by atoms with van der Waals surface area (Å²) in [4.78, 5) is 25.1. The van der Waals surface area contributed by atoms with Crippen molar-refractivity contribution in [3.05, 3.63) is 0 Å². The molecule has 0 spiro atoms. The molecule has 0 bridgehead atoms. The van der Waals surface area contributed by atoms with Gasteiger partial charge in [0.25, 0.3) is 0 Å². The minimum absolute atomic E-state index is 0.145. The Balaban J connectivity index is 2.72. The second-order valence-electron chi connectivity index (χ2n) is 6.11. The van der Waals surface area contributed by atoms with Crippen molar-refractivity contribution < 1.29 is 24.5 Å². The zero-order chi connectivity index (χ0) is 15.6. The van der Waals surface area contributed by atoms with Gasteiger partial charge in [-0.25, -0.2) is 4.79 Å². The fourth-order valence-corrected chi connectivity index (χ4v) is 1.78. The van der Waals surface area contributed by atoms with E-state index in [1.165, 1.54) is 4.90 Å². The van der Waals surface area contributed by atoms with Gasteiger partial charge in [-0.15, -0.1) is 0 Å². The van der Waals surface area contributed by atoms with E-state index in [0.29, 0.717) is 19.7 Å². The number of aliphatic hydroxyl groups excluding tert-OH is 1. The van der Waals surface area contributed by atoms with Crippen LogP contribution in [-0.4, -0.2) is 65.1 Å². The Kier molecular flexibility index (Phi) is 4.99. The van der Waals surface area contributed by atoms with Gasteiger partial charge in [-0.3, -0.25) is 4.79 Å². The molecule has 0 aliphatic carbocycles. The summed E-state index contributed by atoms with van der Waals surface area (Å²) < 4.78 is 5.28. The Morgan fingerprint density at radius 3 is 2.45 bits per heavy atom. The van der Waals surface area contributed by atoms with Gasteiger partial charge in [-0.2, -0.15) is 0 Å². The summed E-state index contributed by atoms with van der Waals surface area (Å²) in [5.74, 6) is -0.974. The number of nitrogens with zero attached hydrogens (tertiary/aromatic N) is 1. The fourth-order valence-electron chi connectivity index (χ4n) is 1.78. The zero-order valence-corrected chi connectivity index (χ0v) is 12.5. The topological polar surface area (TPSA) is 99.1 Å². The molecule has 116 valence electrons. The Morgan fingerprint density at radius 1 is 1.35 bits per heavy atom. The van der Waals surface area contributed by atoms with Crippen molar-refractivity contribution in [2.75, 3.05) is 26.3 Å². The van der Waals surface area contributed by atoms with Gasteiger partial charge in [0.05, 0.1) is 36.8 Å². The third-order valence-corrected chi connectivity index (χ3v) is 4.15. The molecule has 20 heavy (non-hydrogen) atoms. The average Bonchev–Trinajstić information content (AvgIpc) is 2.37. The number of carboxylic acid groups (broad SMARTS) is 1. The first-order valence-corrected chi connectivity index (χ1v) is 6.65. The van der Waals surface area contributed by atoms with Gasteiger partial charge in [-0.05, 0) is 27.7 Å². The van der Waals surface area contributed by atoms with E-state index in [0.717, 1.165) is 0 Å². The third-order valence-electron chi connectivity index (χ3n) is 4.15. The lowest BCUT2D eigenvalue weighted by Crippen LogP contribution is -2.61. The molecule has 0 aromatic heterocycles. The molecular weight excluding hydrogens is 264 g/mol. The highest BCUT2D eigenvalue weighted by atomic mass is 16.5. The number of nitrogens with one attached hydrogen (secondary N) is 1. The summed E-state index contributed by atoms with van der Waals surface area (Å²) in [6.07, 6.45) is -0.384. The van der Waals surface area contributed by atoms with Crippen molar-refractivity contribution in [2.24, 2.45) is 5.41 Å². The molecule has 0 aromatic rings. The number of ether oxygens (including phenoxy) is 1. The first-order valence-electron chi connectivity index (χ1n) is 6.65. The summed E-state index contributed by atoms with van der Waals surface area (Å²) in [6, 6.07) is -0.342. The number of aliphatic hydroxyl groups is 1. The highest BCUT2D eigenvalue weighted by Gasteiger charge is 2.45. The number of aliphatic carboxylic acids is 1. The predicted molar refractivity (Wildman–Crippen MR) is 72.4 cm³/mol. The van der Waals surface area contributed by atoms with E-state index in [1.54, 1.807) is 27.7 Å². The second-order valence-corrected chi connectivity index (χ2v) is 6.11. The Labute approximate surface area is 118 Å². The van der Waals surface area contributed by atoms with Gasteiger partial charge in [0.15, 0.2) is 0 Å². The van der Waals surface area contributed by atoms with Crippen LogP contribution in [0.5, 0.6) is 0 Å². The average molecular weight is 288 g/mol. The maximum absolute atomic E-state index is 12.2. The number of carbonyl (C=O) groups excluding carboxylic acids is 1. The van der Waals surface area contributed by atoms with Crippen molar-refractivity contribution in [3.8, 4) is 0 Å². The fraction of sp³-hybridized carbons (Fsp3) is 0.846. The van der Waals surface area contributed by atoms with E-state index in [2.05, 4.69) is 5.32 Å². The number of hydrogen-bond acceptors (Lipinski definition) is 4. The van der Waals surface area contributed by atoms with Gasteiger partial charge in [-0.1, -0.05) is 0 Å². The molecule has 1 unspecified atom stereocenters. The summed E-state index contributed by atoms with van der Waals surface area (Å²) in [5.41, 5.74) is -2.02. The van der Waals surface area contributed by atoms with E-state index < -0.39 is 16.9 Å². The van der Waals surface area contributed by atoms with Crippen molar-refractivity contribution >= 4 is 12.0 Å². The second kappa shape index (κ2) is 5.97. The number of morpholine rings is 1.